The first kappa shape index (κ1) is 9.65. The lowest BCUT2D eigenvalue weighted by molar-refractivity contribution is -0.123. The zero-order valence-electron chi connectivity index (χ0n) is 8.19. The Bertz CT molecular complexity index is 396. The predicted octanol–water partition coefficient (Wildman–Crippen LogP) is 0.984. The molecule has 3 nitrogen and oxygen atoms in total. The van der Waals surface area contributed by atoms with Gasteiger partial charge in [-0.2, -0.15) is 0 Å². The van der Waals surface area contributed by atoms with Gasteiger partial charge in [0.2, 0.25) is 0 Å². The lowest BCUT2D eigenvalue weighted by Gasteiger charge is -2.16. The van der Waals surface area contributed by atoms with E-state index in [9.17, 15) is 9.59 Å². The number of fused-ring (bicyclic) bond motifs is 1. The minimum absolute atomic E-state index is 0.329. The fourth-order valence-corrected chi connectivity index (χ4v) is 1.49. The van der Waals surface area contributed by atoms with E-state index in [0.29, 0.717) is 0 Å². The molecule has 15 heavy (non-hydrogen) atoms. The van der Waals surface area contributed by atoms with Crippen LogP contribution in [-0.2, 0) is 22.4 Å². The molecule has 1 aromatic rings. The van der Waals surface area contributed by atoms with Crippen LogP contribution in [0.25, 0.3) is 0 Å². The van der Waals surface area contributed by atoms with Crippen molar-refractivity contribution in [2.24, 2.45) is 0 Å². The molecule has 1 aromatic carbocycles. The molecule has 1 aliphatic carbocycles. The summed E-state index contributed by atoms with van der Waals surface area (Å²) in [6, 6.07) is 8.63. The number of imide groups is 1. The summed E-state index contributed by atoms with van der Waals surface area (Å²) in [5.74, 6) is -0.657. The van der Waals surface area contributed by atoms with Gasteiger partial charge in [0.25, 0.3) is 11.8 Å². The lowest BCUT2D eigenvalue weighted by atomic mass is 9.89. The molecular weight excluding hydrogens is 190 g/mol. The number of carbonyl (C=O) groups excluding carboxylic acids is 2. The van der Waals surface area contributed by atoms with Crippen LogP contribution in [0.1, 0.15) is 11.1 Å². The Labute approximate surface area is 87.8 Å². The number of hydrogen-bond donors (Lipinski definition) is 1. The third-order valence-corrected chi connectivity index (χ3v) is 2.41. The number of carbonyl (C=O) groups is 2. The smallest absolute Gasteiger partial charge is 0.250 e. The van der Waals surface area contributed by atoms with E-state index in [1.165, 1.54) is 25.0 Å². The normalized spacial score (nSPS) is 16.0. The Kier molecular flexibility index (Phi) is 2.63. The van der Waals surface area contributed by atoms with E-state index in [1.54, 1.807) is 11.1 Å². The van der Waals surface area contributed by atoms with Gasteiger partial charge in [-0.1, -0.05) is 24.3 Å². The van der Waals surface area contributed by atoms with E-state index >= 15 is 0 Å². The summed E-state index contributed by atoms with van der Waals surface area (Å²) in [7, 11) is 0. The van der Waals surface area contributed by atoms with Gasteiger partial charge in [-0.25, -0.2) is 0 Å². The van der Waals surface area contributed by atoms with Gasteiger partial charge in [-0.3, -0.25) is 14.9 Å². The molecule has 2 aliphatic rings. The SMILES string of the molecule is O=C1C=CC(=O)N1.c1ccc2c(c1)CC2. The van der Waals surface area contributed by atoms with Crippen molar-refractivity contribution in [2.75, 3.05) is 0 Å². The summed E-state index contributed by atoms with van der Waals surface area (Å²) in [5, 5.41) is 2.03. The van der Waals surface area contributed by atoms with E-state index in [1.807, 2.05) is 5.32 Å². The minimum atomic E-state index is -0.329. The number of nitrogens with one attached hydrogen (secondary N) is 1. The Morgan fingerprint density at radius 1 is 0.867 bits per heavy atom. The van der Waals surface area contributed by atoms with E-state index in [2.05, 4.69) is 24.3 Å². The molecule has 0 saturated heterocycles. The number of rotatable bonds is 0. The third-order valence-electron chi connectivity index (χ3n) is 2.41. The Morgan fingerprint density at radius 2 is 1.33 bits per heavy atom. The van der Waals surface area contributed by atoms with E-state index in [4.69, 9.17) is 0 Å². The number of aryl methyl sites for hydroxylation is 2. The highest BCUT2D eigenvalue weighted by atomic mass is 16.2. The highest BCUT2D eigenvalue weighted by Crippen LogP contribution is 2.20. The molecule has 0 atom stereocenters. The highest BCUT2D eigenvalue weighted by Gasteiger charge is 2.09. The van der Waals surface area contributed by atoms with Crippen LogP contribution in [0.2, 0.25) is 0 Å². The second-order valence-electron chi connectivity index (χ2n) is 3.46. The summed E-state index contributed by atoms with van der Waals surface area (Å²) in [6.45, 7) is 0. The first-order chi connectivity index (χ1) is 7.25. The van der Waals surface area contributed by atoms with Crippen LogP contribution in [0, 0.1) is 0 Å². The first-order valence-electron chi connectivity index (χ1n) is 4.85. The van der Waals surface area contributed by atoms with Crippen molar-refractivity contribution in [2.45, 2.75) is 12.8 Å². The summed E-state index contributed by atoms with van der Waals surface area (Å²) >= 11 is 0. The molecule has 0 spiro atoms. The van der Waals surface area contributed by atoms with Crippen molar-refractivity contribution in [3.8, 4) is 0 Å². The van der Waals surface area contributed by atoms with Crippen LogP contribution in [-0.4, -0.2) is 11.8 Å². The van der Waals surface area contributed by atoms with Crippen molar-refractivity contribution >= 4 is 11.8 Å². The standard InChI is InChI=1S/C8H8.C4H3NO2/c1-2-4-8-6-5-7(8)3-1;6-3-1-2-4(7)5-3/h1-4H,5-6H2;1-2H,(H,5,6,7). The summed E-state index contributed by atoms with van der Waals surface area (Å²) < 4.78 is 0. The maximum absolute atomic E-state index is 10.0. The van der Waals surface area contributed by atoms with Crippen molar-refractivity contribution in [1.29, 1.82) is 0 Å². The largest absolute Gasteiger partial charge is 0.289 e. The number of benzene rings is 1. The zero-order chi connectivity index (χ0) is 10.7. The molecule has 0 fully saturated rings. The number of hydrogen-bond acceptors (Lipinski definition) is 2. The third kappa shape index (κ3) is 2.31. The van der Waals surface area contributed by atoms with Gasteiger partial charge in [-0.05, 0) is 24.0 Å². The topological polar surface area (TPSA) is 46.2 Å². The monoisotopic (exact) mass is 201 g/mol. The van der Waals surface area contributed by atoms with Gasteiger partial charge in [0.15, 0.2) is 0 Å². The fraction of sp³-hybridized carbons (Fsp3) is 0.167. The Morgan fingerprint density at radius 3 is 1.53 bits per heavy atom. The quantitative estimate of drug-likeness (QED) is 0.636. The maximum Gasteiger partial charge on any atom is 0.250 e. The van der Waals surface area contributed by atoms with Crippen molar-refractivity contribution in [1.82, 2.24) is 5.32 Å². The molecule has 0 bridgehead atoms. The van der Waals surface area contributed by atoms with Gasteiger partial charge < -0.3 is 0 Å². The molecule has 1 heterocycles. The lowest BCUT2D eigenvalue weighted by Crippen LogP contribution is -2.19. The Hall–Kier alpha value is -1.90. The average Bonchev–Trinajstić information content (AvgIpc) is 2.54. The highest BCUT2D eigenvalue weighted by molar-refractivity contribution is 6.12. The van der Waals surface area contributed by atoms with E-state index in [-0.39, 0.29) is 11.8 Å². The number of amides is 2. The predicted molar refractivity (Wildman–Crippen MR) is 56.1 cm³/mol. The zero-order valence-corrected chi connectivity index (χ0v) is 8.19. The molecule has 0 saturated carbocycles. The molecule has 3 heteroatoms. The second-order valence-corrected chi connectivity index (χ2v) is 3.46. The van der Waals surface area contributed by atoms with Crippen LogP contribution in [0.3, 0.4) is 0 Å². The van der Waals surface area contributed by atoms with Gasteiger partial charge in [0.05, 0.1) is 0 Å². The molecule has 1 aliphatic heterocycles. The molecule has 1 N–H and O–H groups in total. The molecule has 0 radical (unpaired) electrons. The average molecular weight is 201 g/mol. The van der Waals surface area contributed by atoms with Gasteiger partial charge in [-0.15, -0.1) is 0 Å². The fourth-order valence-electron chi connectivity index (χ4n) is 1.49. The van der Waals surface area contributed by atoms with Crippen LogP contribution in [0.4, 0.5) is 0 Å². The molecule has 0 aromatic heterocycles. The molecule has 2 amide bonds. The van der Waals surface area contributed by atoms with Gasteiger partial charge in [0.1, 0.15) is 0 Å². The van der Waals surface area contributed by atoms with Crippen LogP contribution in [0.15, 0.2) is 36.4 Å². The van der Waals surface area contributed by atoms with Crippen molar-refractivity contribution < 1.29 is 9.59 Å². The molecule has 3 rings (SSSR count). The van der Waals surface area contributed by atoms with Crippen LogP contribution in [0.5, 0.6) is 0 Å². The van der Waals surface area contributed by atoms with Gasteiger partial charge >= 0.3 is 0 Å². The molecule has 76 valence electrons. The summed E-state index contributed by atoms with van der Waals surface area (Å²) in [6.07, 6.45) is 5.00. The van der Waals surface area contributed by atoms with E-state index < -0.39 is 0 Å². The summed E-state index contributed by atoms with van der Waals surface area (Å²) in [5.41, 5.74) is 3.10. The maximum atomic E-state index is 10.0. The molecular formula is C12H11NO2. The van der Waals surface area contributed by atoms with Crippen molar-refractivity contribution in [3.63, 3.8) is 0 Å². The van der Waals surface area contributed by atoms with E-state index in [0.717, 1.165) is 0 Å². The van der Waals surface area contributed by atoms with Crippen LogP contribution >= 0.6 is 0 Å². The Balaban J connectivity index is 0.000000115. The van der Waals surface area contributed by atoms with Gasteiger partial charge in [0, 0.05) is 12.2 Å². The molecule has 0 unspecified atom stereocenters. The minimum Gasteiger partial charge on any atom is -0.289 e. The van der Waals surface area contributed by atoms with Crippen molar-refractivity contribution in [3.05, 3.63) is 47.5 Å². The summed E-state index contributed by atoms with van der Waals surface area (Å²) in [4.78, 5) is 20.1. The first-order valence-corrected chi connectivity index (χ1v) is 4.85. The second kappa shape index (κ2) is 4.09. The van der Waals surface area contributed by atoms with Crippen LogP contribution < -0.4 is 5.32 Å².